The number of aryl methyl sites for hydroxylation is 1. The molecule has 0 amide bonds. The van der Waals surface area contributed by atoms with Crippen molar-refractivity contribution in [3.8, 4) is 11.4 Å². The predicted octanol–water partition coefficient (Wildman–Crippen LogP) is 0.902. The Morgan fingerprint density at radius 1 is 1.33 bits per heavy atom. The van der Waals surface area contributed by atoms with E-state index in [1.54, 1.807) is 12.4 Å². The lowest BCUT2D eigenvalue weighted by molar-refractivity contribution is 0.774. The fourth-order valence-electron chi connectivity index (χ4n) is 1.80. The molecule has 0 aliphatic rings. The second kappa shape index (κ2) is 5.55. The maximum atomic E-state index is 12.0. The molecule has 18 heavy (non-hydrogen) atoms. The smallest absolute Gasteiger partial charge is 0.254 e. The molecule has 0 aliphatic carbocycles. The summed E-state index contributed by atoms with van der Waals surface area (Å²) >= 11 is 0. The third-order valence-electron chi connectivity index (χ3n) is 2.80. The standard InChI is InChI=1S/C13H16N4O/c1-9-11(5-6-14-2)13(18)17-12(16-9)10-3-7-15-8-4-10/h3-4,7-8,14H,5-6H2,1-2H3,(H,16,17,18). The summed E-state index contributed by atoms with van der Waals surface area (Å²) in [6, 6.07) is 3.65. The van der Waals surface area contributed by atoms with Gasteiger partial charge in [0.2, 0.25) is 0 Å². The fourth-order valence-corrected chi connectivity index (χ4v) is 1.80. The Labute approximate surface area is 105 Å². The van der Waals surface area contributed by atoms with Crippen LogP contribution in [-0.4, -0.2) is 28.5 Å². The van der Waals surface area contributed by atoms with E-state index in [1.807, 2.05) is 26.1 Å². The molecule has 2 aromatic heterocycles. The molecule has 94 valence electrons. The number of nitrogens with one attached hydrogen (secondary N) is 2. The van der Waals surface area contributed by atoms with Gasteiger partial charge in [0.05, 0.1) is 0 Å². The van der Waals surface area contributed by atoms with Gasteiger partial charge < -0.3 is 10.3 Å². The molecule has 0 saturated heterocycles. The zero-order chi connectivity index (χ0) is 13.0. The largest absolute Gasteiger partial charge is 0.319 e. The molecule has 0 spiro atoms. The van der Waals surface area contributed by atoms with E-state index in [1.165, 1.54) is 0 Å². The van der Waals surface area contributed by atoms with Crippen molar-refractivity contribution in [1.82, 2.24) is 20.3 Å². The van der Waals surface area contributed by atoms with Crippen molar-refractivity contribution in [2.75, 3.05) is 13.6 Å². The van der Waals surface area contributed by atoms with Crippen LogP contribution in [0.1, 0.15) is 11.3 Å². The minimum atomic E-state index is -0.0652. The molecule has 2 aromatic rings. The quantitative estimate of drug-likeness (QED) is 0.838. The highest BCUT2D eigenvalue weighted by atomic mass is 16.1. The van der Waals surface area contributed by atoms with E-state index in [-0.39, 0.29) is 5.56 Å². The Morgan fingerprint density at radius 2 is 2.06 bits per heavy atom. The third kappa shape index (κ3) is 2.62. The number of H-pyrrole nitrogens is 1. The van der Waals surface area contributed by atoms with Gasteiger partial charge in [-0.2, -0.15) is 0 Å². The van der Waals surface area contributed by atoms with Crippen LogP contribution in [0.5, 0.6) is 0 Å². The second-order valence-electron chi connectivity index (χ2n) is 4.07. The first-order valence-electron chi connectivity index (χ1n) is 5.87. The molecule has 0 bridgehead atoms. The highest BCUT2D eigenvalue weighted by Crippen LogP contribution is 2.12. The Balaban J connectivity index is 2.40. The Bertz CT molecular complexity index is 577. The van der Waals surface area contributed by atoms with Crippen LogP contribution in [0.15, 0.2) is 29.3 Å². The first-order valence-corrected chi connectivity index (χ1v) is 5.87. The van der Waals surface area contributed by atoms with E-state index >= 15 is 0 Å². The molecule has 2 N–H and O–H groups in total. The zero-order valence-electron chi connectivity index (χ0n) is 10.5. The zero-order valence-corrected chi connectivity index (χ0v) is 10.5. The van der Waals surface area contributed by atoms with Gasteiger partial charge in [-0.1, -0.05) is 0 Å². The first kappa shape index (κ1) is 12.4. The monoisotopic (exact) mass is 244 g/mol. The van der Waals surface area contributed by atoms with E-state index in [0.717, 1.165) is 23.4 Å². The molecular weight excluding hydrogens is 228 g/mol. The van der Waals surface area contributed by atoms with Crippen molar-refractivity contribution < 1.29 is 0 Å². The van der Waals surface area contributed by atoms with Crippen LogP contribution in [0.3, 0.4) is 0 Å². The molecule has 0 saturated carbocycles. The van der Waals surface area contributed by atoms with E-state index in [2.05, 4.69) is 20.3 Å². The van der Waals surface area contributed by atoms with Crippen molar-refractivity contribution in [3.63, 3.8) is 0 Å². The summed E-state index contributed by atoms with van der Waals surface area (Å²) in [4.78, 5) is 23.2. The molecule has 0 aliphatic heterocycles. The number of pyridine rings is 1. The maximum Gasteiger partial charge on any atom is 0.254 e. The van der Waals surface area contributed by atoms with Gasteiger partial charge in [-0.05, 0) is 39.1 Å². The maximum absolute atomic E-state index is 12.0. The summed E-state index contributed by atoms with van der Waals surface area (Å²) in [5.74, 6) is 0.591. The number of aromatic amines is 1. The summed E-state index contributed by atoms with van der Waals surface area (Å²) in [5, 5.41) is 3.03. The summed E-state index contributed by atoms with van der Waals surface area (Å²) in [6.07, 6.45) is 4.04. The highest BCUT2D eigenvalue weighted by Gasteiger charge is 2.08. The molecule has 2 heterocycles. The van der Waals surface area contributed by atoms with Gasteiger partial charge in [-0.25, -0.2) is 4.98 Å². The molecule has 0 unspecified atom stereocenters. The minimum absolute atomic E-state index is 0.0652. The normalized spacial score (nSPS) is 10.6. The molecule has 0 radical (unpaired) electrons. The average Bonchev–Trinajstić information content (AvgIpc) is 2.39. The number of nitrogens with zero attached hydrogens (tertiary/aromatic N) is 2. The lowest BCUT2D eigenvalue weighted by Gasteiger charge is -2.07. The highest BCUT2D eigenvalue weighted by molar-refractivity contribution is 5.53. The summed E-state index contributed by atoms with van der Waals surface area (Å²) in [7, 11) is 1.86. The minimum Gasteiger partial charge on any atom is -0.319 e. The van der Waals surface area contributed by atoms with Crippen LogP contribution in [0.25, 0.3) is 11.4 Å². The number of hydrogen-bond donors (Lipinski definition) is 2. The lowest BCUT2D eigenvalue weighted by atomic mass is 10.1. The van der Waals surface area contributed by atoms with E-state index in [9.17, 15) is 4.79 Å². The second-order valence-corrected chi connectivity index (χ2v) is 4.07. The van der Waals surface area contributed by atoms with Crippen LogP contribution in [0.4, 0.5) is 0 Å². The van der Waals surface area contributed by atoms with E-state index < -0.39 is 0 Å². The summed E-state index contributed by atoms with van der Waals surface area (Å²) in [6.45, 7) is 2.63. The molecule has 5 heteroatoms. The van der Waals surface area contributed by atoms with E-state index in [4.69, 9.17) is 0 Å². The van der Waals surface area contributed by atoms with Crippen molar-refractivity contribution in [3.05, 3.63) is 46.1 Å². The van der Waals surface area contributed by atoms with Gasteiger partial charge in [-0.15, -0.1) is 0 Å². The van der Waals surface area contributed by atoms with Gasteiger partial charge in [0, 0.05) is 29.2 Å². The van der Waals surface area contributed by atoms with Crippen molar-refractivity contribution in [1.29, 1.82) is 0 Å². The number of hydrogen-bond acceptors (Lipinski definition) is 4. The van der Waals surface area contributed by atoms with E-state index in [0.29, 0.717) is 12.2 Å². The number of likely N-dealkylation sites (N-methyl/N-ethyl adjacent to an activating group) is 1. The van der Waals surface area contributed by atoms with Gasteiger partial charge in [-0.3, -0.25) is 9.78 Å². The van der Waals surface area contributed by atoms with Crippen molar-refractivity contribution in [2.45, 2.75) is 13.3 Å². The molecule has 5 nitrogen and oxygen atoms in total. The Hall–Kier alpha value is -2.01. The SMILES string of the molecule is CNCCc1c(C)nc(-c2ccncc2)[nH]c1=O. The van der Waals surface area contributed by atoms with Gasteiger partial charge in [0.1, 0.15) is 5.82 Å². The third-order valence-corrected chi connectivity index (χ3v) is 2.80. The van der Waals surface area contributed by atoms with Crippen LogP contribution in [0.2, 0.25) is 0 Å². The predicted molar refractivity (Wildman–Crippen MR) is 70.5 cm³/mol. The Kier molecular flexibility index (Phi) is 3.84. The van der Waals surface area contributed by atoms with Crippen molar-refractivity contribution >= 4 is 0 Å². The molecule has 0 atom stereocenters. The molecular formula is C13H16N4O. The molecule has 0 fully saturated rings. The van der Waals surface area contributed by atoms with Crippen LogP contribution >= 0.6 is 0 Å². The van der Waals surface area contributed by atoms with Gasteiger partial charge in [0.25, 0.3) is 5.56 Å². The van der Waals surface area contributed by atoms with Crippen molar-refractivity contribution in [2.24, 2.45) is 0 Å². The molecule has 2 rings (SSSR count). The molecule has 0 aromatic carbocycles. The van der Waals surface area contributed by atoms with Gasteiger partial charge >= 0.3 is 0 Å². The van der Waals surface area contributed by atoms with Crippen LogP contribution in [-0.2, 0) is 6.42 Å². The van der Waals surface area contributed by atoms with Crippen LogP contribution < -0.4 is 10.9 Å². The van der Waals surface area contributed by atoms with Gasteiger partial charge in [0.15, 0.2) is 0 Å². The number of rotatable bonds is 4. The van der Waals surface area contributed by atoms with Crippen LogP contribution in [0, 0.1) is 6.92 Å². The lowest BCUT2D eigenvalue weighted by Crippen LogP contribution is -2.21. The number of aromatic nitrogens is 3. The first-order chi connectivity index (χ1) is 8.72. The summed E-state index contributed by atoms with van der Waals surface area (Å²) < 4.78 is 0. The Morgan fingerprint density at radius 3 is 2.67 bits per heavy atom. The topological polar surface area (TPSA) is 70.7 Å². The summed E-state index contributed by atoms with van der Waals surface area (Å²) in [5.41, 5.74) is 2.32. The fraction of sp³-hybridized carbons (Fsp3) is 0.308. The average molecular weight is 244 g/mol.